The molecule has 1 aromatic rings. The molecule has 3 heterocycles. The second kappa shape index (κ2) is 8.44. The van der Waals surface area contributed by atoms with Crippen LogP contribution in [0.25, 0.3) is 0 Å². The first-order valence-corrected chi connectivity index (χ1v) is 8.96. The minimum atomic E-state index is 0.0219. The topological polar surface area (TPSA) is 57.7 Å². The number of carbonyl (C=O) groups excluding carboxylic acids is 1. The predicted molar refractivity (Wildman–Crippen MR) is 92.7 cm³/mol. The Bertz CT molecular complexity index is 511. The van der Waals surface area contributed by atoms with Gasteiger partial charge in [-0.15, -0.1) is 0 Å². The third-order valence-corrected chi connectivity index (χ3v) is 4.88. The van der Waals surface area contributed by atoms with Crippen molar-refractivity contribution in [3.8, 4) is 0 Å². The molecule has 24 heavy (non-hydrogen) atoms. The Balaban J connectivity index is 1.37. The van der Waals surface area contributed by atoms with Crippen molar-refractivity contribution in [3.63, 3.8) is 0 Å². The number of aromatic nitrogens is 1. The summed E-state index contributed by atoms with van der Waals surface area (Å²) in [6.07, 6.45) is 6.20. The normalized spacial score (nSPS) is 22.5. The minimum absolute atomic E-state index is 0.0219. The number of pyridine rings is 1. The van der Waals surface area contributed by atoms with Crippen molar-refractivity contribution in [3.05, 3.63) is 30.1 Å². The quantitative estimate of drug-likeness (QED) is 0.894. The highest BCUT2D eigenvalue weighted by atomic mass is 16.5. The molecule has 2 amide bonds. The Morgan fingerprint density at radius 3 is 2.88 bits per heavy atom. The Morgan fingerprint density at radius 2 is 2.21 bits per heavy atom. The molecule has 0 spiro atoms. The Hall–Kier alpha value is -1.66. The Kier molecular flexibility index (Phi) is 6.04. The van der Waals surface area contributed by atoms with E-state index in [1.54, 1.807) is 4.90 Å². The van der Waals surface area contributed by atoms with E-state index in [1.807, 2.05) is 25.4 Å². The van der Waals surface area contributed by atoms with Crippen molar-refractivity contribution >= 4 is 6.03 Å². The molecule has 1 N–H and O–H groups in total. The summed E-state index contributed by atoms with van der Waals surface area (Å²) in [4.78, 5) is 20.9. The molecule has 0 aliphatic carbocycles. The first-order valence-electron chi connectivity index (χ1n) is 8.96. The van der Waals surface area contributed by atoms with Gasteiger partial charge in [0.2, 0.25) is 0 Å². The van der Waals surface area contributed by atoms with Crippen LogP contribution >= 0.6 is 0 Å². The summed E-state index contributed by atoms with van der Waals surface area (Å²) in [6.45, 7) is 4.40. The van der Waals surface area contributed by atoms with Gasteiger partial charge in [0.05, 0.1) is 11.8 Å². The molecule has 0 bridgehead atoms. The summed E-state index contributed by atoms with van der Waals surface area (Å²) in [5.74, 6) is 0. The average molecular weight is 332 g/mol. The van der Waals surface area contributed by atoms with E-state index in [0.29, 0.717) is 6.54 Å². The zero-order chi connectivity index (χ0) is 16.8. The highest BCUT2D eigenvalue weighted by Crippen LogP contribution is 2.15. The van der Waals surface area contributed by atoms with E-state index in [4.69, 9.17) is 4.74 Å². The van der Waals surface area contributed by atoms with Gasteiger partial charge in [0.15, 0.2) is 0 Å². The third-order valence-electron chi connectivity index (χ3n) is 4.88. The molecule has 2 saturated heterocycles. The van der Waals surface area contributed by atoms with Gasteiger partial charge in [-0.1, -0.05) is 6.07 Å². The highest BCUT2D eigenvalue weighted by Gasteiger charge is 2.24. The maximum atomic E-state index is 12.3. The van der Waals surface area contributed by atoms with Crippen molar-refractivity contribution in [2.24, 2.45) is 0 Å². The second-order valence-electron chi connectivity index (χ2n) is 6.84. The lowest BCUT2D eigenvalue weighted by Gasteiger charge is -2.33. The number of likely N-dealkylation sites (tertiary alicyclic amines) is 1. The van der Waals surface area contributed by atoms with Gasteiger partial charge in [-0.2, -0.15) is 0 Å². The van der Waals surface area contributed by atoms with Crippen LogP contribution in [0.1, 0.15) is 31.4 Å². The van der Waals surface area contributed by atoms with Crippen LogP contribution in [-0.2, 0) is 11.3 Å². The number of amides is 2. The molecule has 2 fully saturated rings. The van der Waals surface area contributed by atoms with E-state index in [1.165, 1.54) is 0 Å². The Labute approximate surface area is 144 Å². The van der Waals surface area contributed by atoms with E-state index >= 15 is 0 Å². The van der Waals surface area contributed by atoms with E-state index < -0.39 is 0 Å². The van der Waals surface area contributed by atoms with Crippen molar-refractivity contribution in [1.82, 2.24) is 20.1 Å². The van der Waals surface area contributed by atoms with Gasteiger partial charge in [-0.3, -0.25) is 9.88 Å². The van der Waals surface area contributed by atoms with Gasteiger partial charge in [-0.25, -0.2) is 4.79 Å². The fourth-order valence-corrected chi connectivity index (χ4v) is 3.42. The summed E-state index contributed by atoms with van der Waals surface area (Å²) in [6, 6.07) is 6.32. The molecule has 132 valence electrons. The number of carbonyl (C=O) groups is 1. The van der Waals surface area contributed by atoms with Gasteiger partial charge in [0.1, 0.15) is 0 Å². The molecule has 0 saturated carbocycles. The number of hydrogen-bond donors (Lipinski definition) is 1. The van der Waals surface area contributed by atoms with Gasteiger partial charge in [0.25, 0.3) is 0 Å². The van der Waals surface area contributed by atoms with Crippen LogP contribution in [0, 0.1) is 0 Å². The van der Waals surface area contributed by atoms with Gasteiger partial charge < -0.3 is 15.0 Å². The number of ether oxygens (including phenoxy) is 1. The van der Waals surface area contributed by atoms with Crippen molar-refractivity contribution in [2.75, 3.05) is 33.3 Å². The zero-order valence-electron chi connectivity index (χ0n) is 14.5. The monoisotopic (exact) mass is 332 g/mol. The van der Waals surface area contributed by atoms with Crippen LogP contribution in [0.4, 0.5) is 4.79 Å². The van der Waals surface area contributed by atoms with E-state index in [-0.39, 0.29) is 18.2 Å². The molecule has 0 radical (unpaired) electrons. The van der Waals surface area contributed by atoms with E-state index in [0.717, 1.165) is 57.6 Å². The fraction of sp³-hybridized carbons (Fsp3) is 0.667. The first kappa shape index (κ1) is 17.2. The smallest absolute Gasteiger partial charge is 0.317 e. The van der Waals surface area contributed by atoms with Crippen molar-refractivity contribution < 1.29 is 9.53 Å². The number of piperidine rings is 1. The van der Waals surface area contributed by atoms with Crippen LogP contribution < -0.4 is 5.32 Å². The largest absolute Gasteiger partial charge is 0.376 e. The average Bonchev–Trinajstić information content (AvgIpc) is 3.10. The zero-order valence-corrected chi connectivity index (χ0v) is 14.5. The molecule has 2 aliphatic rings. The van der Waals surface area contributed by atoms with E-state index in [2.05, 4.69) is 21.3 Å². The summed E-state index contributed by atoms with van der Waals surface area (Å²) in [5, 5.41) is 3.17. The van der Waals surface area contributed by atoms with Crippen LogP contribution in [-0.4, -0.2) is 66.2 Å². The third kappa shape index (κ3) is 4.92. The van der Waals surface area contributed by atoms with Crippen molar-refractivity contribution in [1.29, 1.82) is 0 Å². The molecule has 0 aromatic carbocycles. The summed E-state index contributed by atoms with van der Waals surface area (Å²) in [7, 11) is 1.85. The molecule has 1 atom stereocenters. The molecule has 6 heteroatoms. The molecule has 6 nitrogen and oxygen atoms in total. The minimum Gasteiger partial charge on any atom is -0.376 e. The Morgan fingerprint density at radius 1 is 1.38 bits per heavy atom. The number of urea groups is 1. The number of likely N-dealkylation sites (N-methyl/N-ethyl adjacent to an activating group) is 1. The lowest BCUT2D eigenvalue weighted by Crippen LogP contribution is -2.49. The lowest BCUT2D eigenvalue weighted by atomic mass is 10.0. The molecule has 1 aromatic heterocycles. The van der Waals surface area contributed by atoms with Crippen LogP contribution in [0.5, 0.6) is 0 Å². The predicted octanol–water partition coefficient (Wildman–Crippen LogP) is 1.87. The molecule has 2 aliphatic heterocycles. The fourth-order valence-electron chi connectivity index (χ4n) is 3.42. The standard InChI is InChI=1S/C18H28N4O2/c1-21(14-17-6-4-12-24-17)18(23)20-15-7-10-22(11-8-15)13-16-5-2-3-9-19-16/h2-3,5,9,15,17H,4,6-8,10-14H2,1H3,(H,20,23)/t17-/m0/s1. The SMILES string of the molecule is CN(C[C@@H]1CCCO1)C(=O)NC1CCN(Cc2ccccn2)CC1. The number of nitrogens with one attached hydrogen (secondary N) is 1. The summed E-state index contributed by atoms with van der Waals surface area (Å²) < 4.78 is 5.60. The number of nitrogens with zero attached hydrogens (tertiary/aromatic N) is 3. The summed E-state index contributed by atoms with van der Waals surface area (Å²) >= 11 is 0. The van der Waals surface area contributed by atoms with Gasteiger partial charge in [0, 0.05) is 52.1 Å². The number of rotatable bonds is 5. The molecule has 3 rings (SSSR count). The highest BCUT2D eigenvalue weighted by molar-refractivity contribution is 5.74. The van der Waals surface area contributed by atoms with Crippen molar-refractivity contribution in [2.45, 2.75) is 44.4 Å². The maximum Gasteiger partial charge on any atom is 0.317 e. The maximum absolute atomic E-state index is 12.3. The molecular weight excluding hydrogens is 304 g/mol. The van der Waals surface area contributed by atoms with E-state index in [9.17, 15) is 4.79 Å². The van der Waals surface area contributed by atoms with Gasteiger partial charge >= 0.3 is 6.03 Å². The first-order chi connectivity index (χ1) is 11.7. The van der Waals surface area contributed by atoms with Crippen LogP contribution in [0.15, 0.2) is 24.4 Å². The number of hydrogen-bond acceptors (Lipinski definition) is 4. The lowest BCUT2D eigenvalue weighted by molar-refractivity contribution is 0.0861. The molecular formula is C18H28N4O2. The van der Waals surface area contributed by atoms with Crippen LogP contribution in [0.3, 0.4) is 0 Å². The molecule has 0 unspecified atom stereocenters. The summed E-state index contributed by atoms with van der Waals surface area (Å²) in [5.41, 5.74) is 1.11. The van der Waals surface area contributed by atoms with Gasteiger partial charge in [-0.05, 0) is 37.8 Å². The van der Waals surface area contributed by atoms with Crippen LogP contribution in [0.2, 0.25) is 0 Å². The second-order valence-corrected chi connectivity index (χ2v) is 6.84.